The molecule has 90 valence electrons. The minimum atomic E-state index is -0.475. The summed E-state index contributed by atoms with van der Waals surface area (Å²) in [5.74, 6) is -0.475. The summed E-state index contributed by atoms with van der Waals surface area (Å²) in [4.78, 5) is 3.63. The van der Waals surface area contributed by atoms with Crippen molar-refractivity contribution in [2.45, 2.75) is 6.54 Å². The van der Waals surface area contributed by atoms with Gasteiger partial charge in [0, 0.05) is 17.3 Å². The molecule has 1 aromatic carbocycles. The van der Waals surface area contributed by atoms with E-state index in [-0.39, 0.29) is 0 Å². The second-order valence-corrected chi connectivity index (χ2v) is 4.11. The molecule has 0 spiro atoms. The fourth-order valence-electron chi connectivity index (χ4n) is 1.90. The maximum Gasteiger partial charge on any atom is 0.212 e. The van der Waals surface area contributed by atoms with Crippen molar-refractivity contribution in [2.24, 2.45) is 0 Å². The van der Waals surface area contributed by atoms with Crippen LogP contribution in [0.15, 0.2) is 42.7 Å². The summed E-state index contributed by atoms with van der Waals surface area (Å²) in [6.07, 6.45) is 3.28. The van der Waals surface area contributed by atoms with E-state index in [1.54, 1.807) is 12.3 Å². The fraction of sp³-hybridized carbons (Fsp3) is 0.0769. The summed E-state index contributed by atoms with van der Waals surface area (Å²) < 4.78 is 14.6. The van der Waals surface area contributed by atoms with Gasteiger partial charge in [-0.3, -0.25) is 4.68 Å². The minimum absolute atomic E-state index is 0.475. The van der Waals surface area contributed by atoms with Crippen LogP contribution in [0.5, 0.6) is 0 Å². The van der Waals surface area contributed by atoms with E-state index in [4.69, 9.17) is 5.73 Å². The van der Waals surface area contributed by atoms with Gasteiger partial charge in [-0.25, -0.2) is 4.98 Å². The lowest BCUT2D eigenvalue weighted by Crippen LogP contribution is -2.02. The monoisotopic (exact) mass is 242 g/mol. The van der Waals surface area contributed by atoms with Gasteiger partial charge in [-0.2, -0.15) is 9.49 Å². The Balaban J connectivity index is 1.97. The molecule has 0 saturated carbocycles. The van der Waals surface area contributed by atoms with Crippen molar-refractivity contribution in [3.8, 4) is 0 Å². The molecule has 0 bridgehead atoms. The number of aromatic nitrogens is 3. The summed E-state index contributed by atoms with van der Waals surface area (Å²) in [7, 11) is 0. The Hall–Kier alpha value is -2.43. The molecule has 0 unspecified atom stereocenters. The lowest BCUT2D eigenvalue weighted by Gasteiger charge is -2.03. The number of benzene rings is 1. The molecular weight excluding hydrogens is 231 g/mol. The van der Waals surface area contributed by atoms with Crippen LogP contribution >= 0.6 is 0 Å². The Morgan fingerprint density at radius 1 is 1.17 bits per heavy atom. The van der Waals surface area contributed by atoms with E-state index in [0.717, 1.165) is 16.5 Å². The Bertz CT molecular complexity index is 688. The first-order valence-corrected chi connectivity index (χ1v) is 5.54. The molecule has 2 aromatic heterocycles. The normalized spacial score (nSPS) is 10.9. The van der Waals surface area contributed by atoms with E-state index in [1.165, 1.54) is 12.3 Å². The van der Waals surface area contributed by atoms with E-state index in [1.807, 2.05) is 22.9 Å². The smallest absolute Gasteiger partial charge is 0.212 e. The molecule has 0 aliphatic heterocycles. The molecule has 2 heterocycles. The molecule has 0 amide bonds. The van der Waals surface area contributed by atoms with Gasteiger partial charge in [-0.05, 0) is 29.8 Å². The number of hydrogen-bond donors (Lipinski definition) is 1. The third-order valence-corrected chi connectivity index (χ3v) is 2.79. The van der Waals surface area contributed by atoms with Gasteiger partial charge < -0.3 is 5.73 Å². The largest absolute Gasteiger partial charge is 0.399 e. The highest BCUT2D eigenvalue weighted by Crippen LogP contribution is 2.17. The van der Waals surface area contributed by atoms with Crippen LogP contribution < -0.4 is 5.73 Å². The van der Waals surface area contributed by atoms with E-state index in [9.17, 15) is 4.39 Å². The first kappa shape index (κ1) is 10.7. The quantitative estimate of drug-likeness (QED) is 0.553. The predicted molar refractivity (Wildman–Crippen MR) is 67.4 cm³/mol. The van der Waals surface area contributed by atoms with Crippen LogP contribution in [-0.2, 0) is 6.54 Å². The zero-order chi connectivity index (χ0) is 12.5. The van der Waals surface area contributed by atoms with Crippen molar-refractivity contribution in [3.63, 3.8) is 0 Å². The van der Waals surface area contributed by atoms with Gasteiger partial charge in [0.05, 0.1) is 18.3 Å². The Labute approximate surface area is 103 Å². The molecule has 0 saturated heterocycles. The average Bonchev–Trinajstić information content (AvgIpc) is 2.74. The fourth-order valence-corrected chi connectivity index (χ4v) is 1.90. The zero-order valence-electron chi connectivity index (χ0n) is 9.55. The molecule has 0 atom stereocenters. The summed E-state index contributed by atoms with van der Waals surface area (Å²) in [5, 5.41) is 5.28. The summed E-state index contributed by atoms with van der Waals surface area (Å²) in [6, 6.07) is 8.69. The van der Waals surface area contributed by atoms with Crippen molar-refractivity contribution in [1.82, 2.24) is 14.8 Å². The van der Waals surface area contributed by atoms with E-state index < -0.39 is 5.95 Å². The van der Waals surface area contributed by atoms with Crippen LogP contribution in [0.25, 0.3) is 10.9 Å². The van der Waals surface area contributed by atoms with Gasteiger partial charge in [0.25, 0.3) is 0 Å². The minimum Gasteiger partial charge on any atom is -0.399 e. The first-order valence-electron chi connectivity index (χ1n) is 5.54. The Morgan fingerprint density at radius 3 is 2.83 bits per heavy atom. The molecule has 4 nitrogen and oxygen atoms in total. The van der Waals surface area contributed by atoms with Crippen molar-refractivity contribution >= 4 is 16.6 Å². The summed E-state index contributed by atoms with van der Waals surface area (Å²) in [5.41, 5.74) is 8.32. The van der Waals surface area contributed by atoms with Crippen LogP contribution in [-0.4, -0.2) is 14.8 Å². The topological polar surface area (TPSA) is 56.7 Å². The number of pyridine rings is 1. The average molecular weight is 242 g/mol. The summed E-state index contributed by atoms with van der Waals surface area (Å²) >= 11 is 0. The predicted octanol–water partition coefficient (Wildman–Crippen LogP) is 2.20. The van der Waals surface area contributed by atoms with Crippen LogP contribution in [0.1, 0.15) is 5.56 Å². The van der Waals surface area contributed by atoms with Gasteiger partial charge in [0.15, 0.2) is 0 Å². The highest BCUT2D eigenvalue weighted by atomic mass is 19.1. The van der Waals surface area contributed by atoms with Crippen molar-refractivity contribution < 1.29 is 4.39 Å². The lowest BCUT2D eigenvalue weighted by molar-refractivity contribution is 0.580. The molecule has 18 heavy (non-hydrogen) atoms. The second kappa shape index (κ2) is 4.10. The van der Waals surface area contributed by atoms with Crippen LogP contribution in [0.3, 0.4) is 0 Å². The molecule has 0 aliphatic rings. The molecule has 0 fully saturated rings. The van der Waals surface area contributed by atoms with E-state index >= 15 is 0 Å². The standard InChI is InChI=1S/C13H11FN4/c14-13-4-1-9(6-16-13)8-18-12-3-2-11(15)5-10(12)7-17-18/h1-7H,8,15H2. The molecule has 3 aromatic rings. The molecule has 0 radical (unpaired) electrons. The lowest BCUT2D eigenvalue weighted by atomic mass is 10.2. The number of nitrogens with two attached hydrogens (primary N) is 1. The summed E-state index contributed by atoms with van der Waals surface area (Å²) in [6.45, 7) is 0.556. The van der Waals surface area contributed by atoms with Gasteiger partial charge in [-0.1, -0.05) is 6.07 Å². The number of anilines is 1. The molecular formula is C13H11FN4. The van der Waals surface area contributed by atoms with Crippen LogP contribution in [0.4, 0.5) is 10.1 Å². The van der Waals surface area contributed by atoms with Crippen molar-refractivity contribution in [2.75, 3.05) is 5.73 Å². The number of rotatable bonds is 2. The number of halogens is 1. The number of nitrogen functional groups attached to an aromatic ring is 1. The maximum absolute atomic E-state index is 12.7. The van der Waals surface area contributed by atoms with Crippen LogP contribution in [0, 0.1) is 5.95 Å². The molecule has 0 aliphatic carbocycles. The van der Waals surface area contributed by atoms with Gasteiger partial charge in [0.2, 0.25) is 5.95 Å². The van der Waals surface area contributed by atoms with Gasteiger partial charge in [0.1, 0.15) is 0 Å². The van der Waals surface area contributed by atoms with Crippen molar-refractivity contribution in [1.29, 1.82) is 0 Å². The number of hydrogen-bond acceptors (Lipinski definition) is 3. The zero-order valence-corrected chi connectivity index (χ0v) is 9.55. The Kier molecular flexibility index (Phi) is 2.44. The number of fused-ring (bicyclic) bond motifs is 1. The van der Waals surface area contributed by atoms with E-state index in [2.05, 4.69) is 10.1 Å². The second-order valence-electron chi connectivity index (χ2n) is 4.11. The third-order valence-electron chi connectivity index (χ3n) is 2.79. The van der Waals surface area contributed by atoms with Gasteiger partial charge in [-0.15, -0.1) is 0 Å². The highest BCUT2D eigenvalue weighted by molar-refractivity contribution is 5.81. The van der Waals surface area contributed by atoms with E-state index in [0.29, 0.717) is 12.2 Å². The third kappa shape index (κ3) is 1.90. The van der Waals surface area contributed by atoms with Crippen molar-refractivity contribution in [3.05, 3.63) is 54.2 Å². The first-order chi connectivity index (χ1) is 8.72. The molecule has 5 heteroatoms. The molecule has 2 N–H and O–H groups in total. The van der Waals surface area contributed by atoms with Crippen LogP contribution in [0.2, 0.25) is 0 Å². The van der Waals surface area contributed by atoms with Gasteiger partial charge >= 0.3 is 0 Å². The highest BCUT2D eigenvalue weighted by Gasteiger charge is 2.04. The SMILES string of the molecule is Nc1ccc2c(cnn2Cc2ccc(F)nc2)c1. The maximum atomic E-state index is 12.7. The number of nitrogens with zero attached hydrogens (tertiary/aromatic N) is 3. The Morgan fingerprint density at radius 2 is 2.06 bits per heavy atom. The molecule has 3 rings (SSSR count).